The maximum absolute atomic E-state index is 13.4. The Bertz CT molecular complexity index is 746. The van der Waals surface area contributed by atoms with E-state index in [0.29, 0.717) is 35.3 Å². The van der Waals surface area contributed by atoms with Crippen LogP contribution in [0.2, 0.25) is 5.02 Å². The van der Waals surface area contributed by atoms with Crippen LogP contribution in [0, 0.1) is 5.82 Å². The third-order valence-electron chi connectivity index (χ3n) is 3.51. The zero-order chi connectivity index (χ0) is 16.2. The summed E-state index contributed by atoms with van der Waals surface area (Å²) in [5.41, 5.74) is 1.15. The summed E-state index contributed by atoms with van der Waals surface area (Å²) in [6.07, 6.45) is 0.844. The lowest BCUT2D eigenvalue weighted by Gasteiger charge is -2.29. The molecule has 4 nitrogen and oxygen atoms in total. The topological polar surface area (TPSA) is 44.7 Å². The van der Waals surface area contributed by atoms with Gasteiger partial charge in [0.1, 0.15) is 5.82 Å². The largest absolute Gasteiger partial charge is 0.312 e. The van der Waals surface area contributed by atoms with E-state index in [9.17, 15) is 9.18 Å². The molecule has 0 bridgehead atoms. The zero-order valence-corrected chi connectivity index (χ0v) is 13.1. The average molecular weight is 332 g/mol. The molecule has 1 aliphatic rings. The molecular formula is C17H15ClFN3O. The van der Waals surface area contributed by atoms with Gasteiger partial charge in [0, 0.05) is 29.4 Å². The fourth-order valence-electron chi connectivity index (χ4n) is 2.38. The van der Waals surface area contributed by atoms with Crippen LogP contribution in [0.5, 0.6) is 0 Å². The summed E-state index contributed by atoms with van der Waals surface area (Å²) in [6, 6.07) is 12.8. The van der Waals surface area contributed by atoms with E-state index >= 15 is 0 Å². The van der Waals surface area contributed by atoms with Crippen LogP contribution in [0.25, 0.3) is 0 Å². The van der Waals surface area contributed by atoms with Crippen molar-refractivity contribution in [2.45, 2.75) is 6.42 Å². The first-order valence-corrected chi connectivity index (χ1v) is 7.66. The molecule has 0 fully saturated rings. The number of hydrogen-bond donors (Lipinski definition) is 1. The first kappa shape index (κ1) is 15.5. The van der Waals surface area contributed by atoms with Crippen LogP contribution >= 0.6 is 11.6 Å². The molecule has 1 N–H and O–H groups in total. The van der Waals surface area contributed by atoms with Crippen molar-refractivity contribution in [2.24, 2.45) is 4.99 Å². The van der Waals surface area contributed by atoms with Crippen molar-refractivity contribution in [3.05, 3.63) is 64.9 Å². The van der Waals surface area contributed by atoms with Gasteiger partial charge in [-0.15, -0.1) is 0 Å². The Morgan fingerprint density at radius 1 is 1.22 bits per heavy atom. The molecule has 0 radical (unpaired) electrons. The molecule has 23 heavy (non-hydrogen) atoms. The van der Waals surface area contributed by atoms with Crippen molar-refractivity contribution >= 4 is 29.2 Å². The van der Waals surface area contributed by atoms with Crippen LogP contribution in [0.1, 0.15) is 16.8 Å². The number of anilines is 1. The third-order valence-corrected chi connectivity index (χ3v) is 3.76. The second-order valence-corrected chi connectivity index (χ2v) is 5.59. The molecule has 0 atom stereocenters. The number of carbonyl (C=O) groups is 1. The van der Waals surface area contributed by atoms with E-state index in [1.807, 2.05) is 0 Å². The van der Waals surface area contributed by atoms with Crippen LogP contribution < -0.4 is 10.2 Å². The van der Waals surface area contributed by atoms with Crippen molar-refractivity contribution in [1.29, 1.82) is 0 Å². The van der Waals surface area contributed by atoms with E-state index in [4.69, 9.17) is 11.6 Å². The number of benzene rings is 2. The third kappa shape index (κ3) is 3.68. The highest BCUT2D eigenvalue weighted by Gasteiger charge is 2.20. The lowest BCUT2D eigenvalue weighted by Crippen LogP contribution is -2.47. The van der Waals surface area contributed by atoms with Gasteiger partial charge in [-0.2, -0.15) is 0 Å². The van der Waals surface area contributed by atoms with Gasteiger partial charge in [0.15, 0.2) is 0 Å². The normalized spacial score (nSPS) is 14.3. The summed E-state index contributed by atoms with van der Waals surface area (Å²) < 4.78 is 13.4. The van der Waals surface area contributed by atoms with Gasteiger partial charge in [0.05, 0.1) is 0 Å². The average Bonchev–Trinajstić information content (AvgIpc) is 2.56. The molecule has 1 aliphatic heterocycles. The highest BCUT2D eigenvalue weighted by atomic mass is 35.5. The zero-order valence-electron chi connectivity index (χ0n) is 12.3. The first-order valence-electron chi connectivity index (χ1n) is 7.28. The lowest BCUT2D eigenvalue weighted by molar-refractivity contribution is 0.0976. The molecule has 1 amide bonds. The van der Waals surface area contributed by atoms with Gasteiger partial charge in [-0.3, -0.25) is 15.1 Å². The van der Waals surface area contributed by atoms with Crippen LogP contribution in [-0.4, -0.2) is 25.0 Å². The number of halogens is 2. The predicted octanol–water partition coefficient (Wildman–Crippen LogP) is 3.48. The molecule has 0 saturated carbocycles. The summed E-state index contributed by atoms with van der Waals surface area (Å²) in [5.74, 6) is -0.165. The van der Waals surface area contributed by atoms with Gasteiger partial charge in [-0.1, -0.05) is 17.7 Å². The number of amides is 1. The number of carbonyl (C=O) groups excluding carboxylic acids is 1. The van der Waals surface area contributed by atoms with E-state index in [-0.39, 0.29) is 11.7 Å². The molecule has 3 rings (SSSR count). The Balaban J connectivity index is 1.80. The van der Waals surface area contributed by atoms with Crippen molar-refractivity contribution in [3.63, 3.8) is 0 Å². The minimum Gasteiger partial charge on any atom is -0.312 e. The number of aliphatic imine (C=N–C) groups is 1. The lowest BCUT2D eigenvalue weighted by atomic mass is 10.2. The van der Waals surface area contributed by atoms with Gasteiger partial charge in [0.2, 0.25) is 5.96 Å². The van der Waals surface area contributed by atoms with Crippen LogP contribution in [0.3, 0.4) is 0 Å². The molecule has 0 unspecified atom stereocenters. The van der Waals surface area contributed by atoms with E-state index in [0.717, 1.165) is 6.42 Å². The molecule has 2 aromatic carbocycles. The van der Waals surface area contributed by atoms with E-state index in [2.05, 4.69) is 10.3 Å². The van der Waals surface area contributed by atoms with Crippen molar-refractivity contribution in [3.8, 4) is 0 Å². The second-order valence-electron chi connectivity index (χ2n) is 5.15. The predicted molar refractivity (Wildman–Crippen MR) is 89.6 cm³/mol. The van der Waals surface area contributed by atoms with Gasteiger partial charge < -0.3 is 4.90 Å². The Labute approximate surface area is 138 Å². The monoisotopic (exact) mass is 331 g/mol. The van der Waals surface area contributed by atoms with Crippen LogP contribution in [0.4, 0.5) is 10.1 Å². The van der Waals surface area contributed by atoms with E-state index in [1.165, 1.54) is 12.1 Å². The van der Waals surface area contributed by atoms with Crippen molar-refractivity contribution < 1.29 is 9.18 Å². The molecule has 0 aromatic heterocycles. The number of hydrogen-bond acceptors (Lipinski definition) is 3. The molecule has 0 saturated heterocycles. The maximum Gasteiger partial charge on any atom is 0.257 e. The molecule has 1 heterocycles. The number of nitrogens with zero attached hydrogens (tertiary/aromatic N) is 2. The Morgan fingerprint density at radius 2 is 2.00 bits per heavy atom. The van der Waals surface area contributed by atoms with Crippen molar-refractivity contribution in [2.75, 3.05) is 18.0 Å². The van der Waals surface area contributed by atoms with Crippen molar-refractivity contribution in [1.82, 2.24) is 5.32 Å². The van der Waals surface area contributed by atoms with E-state index < -0.39 is 0 Å². The fraction of sp³-hybridized carbons (Fsp3) is 0.176. The molecular weight excluding hydrogens is 317 g/mol. The summed E-state index contributed by atoms with van der Waals surface area (Å²) in [4.78, 5) is 18.5. The van der Waals surface area contributed by atoms with Gasteiger partial charge in [-0.05, 0) is 48.9 Å². The fourth-order valence-corrected chi connectivity index (χ4v) is 2.51. The minimum atomic E-state index is -0.323. The minimum absolute atomic E-state index is 0.274. The molecule has 118 valence electrons. The molecule has 2 aromatic rings. The summed E-state index contributed by atoms with van der Waals surface area (Å²) in [7, 11) is 0. The Hall–Kier alpha value is -2.40. The SMILES string of the molecule is O=C(NC1=NCCCN1c1cccc(F)c1)c1ccc(Cl)cc1. The number of nitrogens with one attached hydrogen (secondary N) is 1. The smallest absolute Gasteiger partial charge is 0.257 e. The van der Waals surface area contributed by atoms with E-state index in [1.54, 1.807) is 41.3 Å². The standard InChI is InChI=1S/C17H15ClFN3O/c18-13-7-5-12(6-8-13)16(23)21-17-20-9-2-10-22(17)15-4-1-3-14(19)11-15/h1,3-8,11H,2,9-10H2,(H,20,21,23). The Kier molecular flexibility index (Phi) is 4.57. The number of rotatable bonds is 2. The Morgan fingerprint density at radius 3 is 2.74 bits per heavy atom. The van der Waals surface area contributed by atoms with Crippen LogP contribution in [0.15, 0.2) is 53.5 Å². The maximum atomic E-state index is 13.4. The molecule has 0 aliphatic carbocycles. The second kappa shape index (κ2) is 6.79. The van der Waals surface area contributed by atoms with Gasteiger partial charge in [-0.25, -0.2) is 4.39 Å². The van der Waals surface area contributed by atoms with Gasteiger partial charge in [0.25, 0.3) is 5.91 Å². The highest BCUT2D eigenvalue weighted by molar-refractivity contribution is 6.30. The molecule has 0 spiro atoms. The number of guanidine groups is 1. The summed E-state index contributed by atoms with van der Waals surface area (Å²) >= 11 is 5.83. The highest BCUT2D eigenvalue weighted by Crippen LogP contribution is 2.18. The molecule has 6 heteroatoms. The first-order chi connectivity index (χ1) is 11.1. The van der Waals surface area contributed by atoms with Gasteiger partial charge >= 0.3 is 0 Å². The summed E-state index contributed by atoms with van der Waals surface area (Å²) in [5, 5.41) is 3.36. The van der Waals surface area contributed by atoms with Crippen LogP contribution in [-0.2, 0) is 0 Å². The quantitative estimate of drug-likeness (QED) is 0.915. The summed E-state index contributed by atoms with van der Waals surface area (Å²) in [6.45, 7) is 1.30.